The van der Waals surface area contributed by atoms with E-state index in [1.54, 1.807) is 0 Å². The molecule has 110 valence electrons. The van der Waals surface area contributed by atoms with Crippen LogP contribution in [-0.2, 0) is 4.79 Å². The van der Waals surface area contributed by atoms with E-state index in [0.29, 0.717) is 19.0 Å². The molecule has 2 saturated heterocycles. The number of hydrogen-bond donors (Lipinski definition) is 1. The predicted octanol–water partition coefficient (Wildman–Crippen LogP) is 2.59. The van der Waals surface area contributed by atoms with Gasteiger partial charge >= 0.3 is 0 Å². The summed E-state index contributed by atoms with van der Waals surface area (Å²) >= 11 is 0. The van der Waals surface area contributed by atoms with E-state index < -0.39 is 0 Å². The Balaban J connectivity index is 1.84. The molecule has 1 aromatic rings. The Morgan fingerprint density at radius 2 is 2.05 bits per heavy atom. The van der Waals surface area contributed by atoms with Crippen LogP contribution in [0.1, 0.15) is 38.3 Å². The third kappa shape index (κ3) is 2.32. The molecule has 0 radical (unpaired) electrons. The molecule has 1 unspecified atom stereocenters. The summed E-state index contributed by atoms with van der Waals surface area (Å²) in [5, 5.41) is 3.14. The third-order valence-corrected chi connectivity index (χ3v) is 4.84. The lowest BCUT2D eigenvalue weighted by atomic mass is 9.82. The second-order valence-corrected chi connectivity index (χ2v) is 6.50. The Kier molecular flexibility index (Phi) is 3.46. The van der Waals surface area contributed by atoms with E-state index in [9.17, 15) is 4.79 Å². The zero-order valence-corrected chi connectivity index (χ0v) is 12.5. The van der Waals surface area contributed by atoms with Crippen LogP contribution in [0.5, 0.6) is 0 Å². The summed E-state index contributed by atoms with van der Waals surface area (Å²) in [7, 11) is 0. The van der Waals surface area contributed by atoms with Crippen LogP contribution >= 0.6 is 0 Å². The first-order chi connectivity index (χ1) is 10.1. The van der Waals surface area contributed by atoms with Gasteiger partial charge in [-0.15, -0.1) is 0 Å². The number of carbonyl (C=O) groups excluding carboxylic acids is 1. The molecular formula is C17H21N3O. The normalized spacial score (nSPS) is 32.6. The van der Waals surface area contributed by atoms with Gasteiger partial charge in [-0.1, -0.05) is 30.3 Å². The Hall–Kier alpha value is -1.86. The molecule has 2 fully saturated rings. The molecule has 4 heteroatoms. The molecule has 2 aliphatic rings. The first-order valence-corrected chi connectivity index (χ1v) is 7.54. The van der Waals surface area contributed by atoms with E-state index in [2.05, 4.69) is 41.0 Å². The summed E-state index contributed by atoms with van der Waals surface area (Å²) in [6.07, 6.45) is 1.29. The van der Waals surface area contributed by atoms with Crippen molar-refractivity contribution in [3.05, 3.63) is 47.3 Å². The SMILES string of the molecule is [C-]#[N+][C@@H]1C[C@@]2(CC(c3ccccc3)NC2=O)CN1C(C)C. The molecule has 2 aliphatic heterocycles. The van der Waals surface area contributed by atoms with Gasteiger partial charge in [0.2, 0.25) is 5.91 Å². The number of benzene rings is 1. The number of nitrogens with one attached hydrogen (secondary N) is 1. The maximum absolute atomic E-state index is 12.6. The van der Waals surface area contributed by atoms with Gasteiger partial charge in [0.15, 0.2) is 0 Å². The van der Waals surface area contributed by atoms with Crippen LogP contribution in [-0.4, -0.2) is 29.6 Å². The molecule has 1 amide bonds. The van der Waals surface area contributed by atoms with Gasteiger partial charge in [0, 0.05) is 12.6 Å². The molecule has 1 aromatic carbocycles. The summed E-state index contributed by atoms with van der Waals surface area (Å²) in [5.41, 5.74) is 0.769. The number of rotatable bonds is 2. The number of nitrogens with zero attached hydrogens (tertiary/aromatic N) is 2. The number of carbonyl (C=O) groups is 1. The largest absolute Gasteiger partial charge is 0.349 e. The molecule has 0 aromatic heterocycles. The summed E-state index contributed by atoms with van der Waals surface area (Å²) in [6.45, 7) is 12.3. The summed E-state index contributed by atoms with van der Waals surface area (Å²) < 4.78 is 0. The van der Waals surface area contributed by atoms with Crippen LogP contribution in [0.2, 0.25) is 0 Å². The fourth-order valence-corrected chi connectivity index (χ4v) is 3.68. The molecule has 3 atom stereocenters. The molecule has 0 aliphatic carbocycles. The van der Waals surface area contributed by atoms with Crippen molar-refractivity contribution in [2.45, 2.75) is 44.9 Å². The highest BCUT2D eigenvalue weighted by Gasteiger charge is 2.57. The van der Waals surface area contributed by atoms with Gasteiger partial charge in [-0.3, -0.25) is 9.64 Å². The Bertz CT molecular complexity index is 577. The van der Waals surface area contributed by atoms with Crippen LogP contribution in [0.3, 0.4) is 0 Å². The second kappa shape index (κ2) is 5.16. The highest BCUT2D eigenvalue weighted by atomic mass is 16.2. The lowest BCUT2D eigenvalue weighted by Crippen LogP contribution is -2.37. The van der Waals surface area contributed by atoms with Gasteiger partial charge in [0.25, 0.3) is 6.17 Å². The van der Waals surface area contributed by atoms with Crippen molar-refractivity contribution in [1.29, 1.82) is 0 Å². The average molecular weight is 283 g/mol. The molecule has 4 nitrogen and oxygen atoms in total. The number of likely N-dealkylation sites (tertiary alicyclic amines) is 1. The van der Waals surface area contributed by atoms with Crippen LogP contribution in [0, 0.1) is 12.0 Å². The first kappa shape index (κ1) is 14.1. The van der Waals surface area contributed by atoms with Gasteiger partial charge < -0.3 is 5.32 Å². The quantitative estimate of drug-likeness (QED) is 0.847. The highest BCUT2D eigenvalue weighted by Crippen LogP contribution is 2.47. The molecule has 1 spiro atoms. The van der Waals surface area contributed by atoms with E-state index in [1.165, 1.54) is 0 Å². The lowest BCUT2D eigenvalue weighted by Gasteiger charge is -2.22. The minimum atomic E-state index is -0.389. The van der Waals surface area contributed by atoms with Gasteiger partial charge in [0.05, 0.1) is 17.9 Å². The van der Waals surface area contributed by atoms with Crippen LogP contribution in [0.25, 0.3) is 4.85 Å². The molecule has 21 heavy (non-hydrogen) atoms. The van der Waals surface area contributed by atoms with E-state index >= 15 is 0 Å². The van der Waals surface area contributed by atoms with Crippen molar-refractivity contribution >= 4 is 5.91 Å². The van der Waals surface area contributed by atoms with Crippen molar-refractivity contribution in [1.82, 2.24) is 10.2 Å². The van der Waals surface area contributed by atoms with Crippen molar-refractivity contribution in [2.24, 2.45) is 5.41 Å². The van der Waals surface area contributed by atoms with Crippen molar-refractivity contribution in [3.8, 4) is 0 Å². The van der Waals surface area contributed by atoms with Crippen LogP contribution in [0.4, 0.5) is 0 Å². The first-order valence-electron chi connectivity index (χ1n) is 7.54. The second-order valence-electron chi connectivity index (χ2n) is 6.50. The summed E-state index contributed by atoms with van der Waals surface area (Å²) in [4.78, 5) is 18.5. The fraction of sp³-hybridized carbons (Fsp3) is 0.529. The van der Waals surface area contributed by atoms with Gasteiger partial charge in [-0.2, -0.15) is 0 Å². The Morgan fingerprint density at radius 1 is 1.33 bits per heavy atom. The molecule has 0 saturated carbocycles. The monoisotopic (exact) mass is 283 g/mol. The minimum absolute atomic E-state index is 0.0807. The number of amides is 1. The van der Waals surface area contributed by atoms with Gasteiger partial charge in [-0.05, 0) is 25.8 Å². The number of hydrogen-bond acceptors (Lipinski definition) is 2. The molecule has 3 rings (SSSR count). The maximum Gasteiger partial charge on any atom is 0.281 e. The predicted molar refractivity (Wildman–Crippen MR) is 81.2 cm³/mol. The topological polar surface area (TPSA) is 36.7 Å². The van der Waals surface area contributed by atoms with Crippen LogP contribution in [0.15, 0.2) is 30.3 Å². The Morgan fingerprint density at radius 3 is 2.62 bits per heavy atom. The maximum atomic E-state index is 12.6. The minimum Gasteiger partial charge on any atom is -0.349 e. The molecular weight excluding hydrogens is 262 g/mol. The van der Waals surface area contributed by atoms with E-state index in [0.717, 1.165) is 12.0 Å². The summed E-state index contributed by atoms with van der Waals surface area (Å²) in [5.74, 6) is 0.119. The molecule has 2 heterocycles. The fourth-order valence-electron chi connectivity index (χ4n) is 3.68. The zero-order valence-electron chi connectivity index (χ0n) is 12.5. The van der Waals surface area contributed by atoms with Crippen molar-refractivity contribution < 1.29 is 4.79 Å². The van der Waals surface area contributed by atoms with Crippen molar-refractivity contribution in [2.75, 3.05) is 6.54 Å². The van der Waals surface area contributed by atoms with E-state index in [4.69, 9.17) is 6.57 Å². The average Bonchev–Trinajstić information content (AvgIpc) is 3.02. The van der Waals surface area contributed by atoms with Crippen molar-refractivity contribution in [3.63, 3.8) is 0 Å². The summed E-state index contributed by atoms with van der Waals surface area (Å²) in [6, 6.07) is 10.5. The van der Waals surface area contributed by atoms with Gasteiger partial charge in [0.1, 0.15) is 0 Å². The molecule has 0 bridgehead atoms. The highest BCUT2D eigenvalue weighted by molar-refractivity contribution is 5.86. The van der Waals surface area contributed by atoms with E-state index in [-0.39, 0.29) is 23.5 Å². The van der Waals surface area contributed by atoms with Crippen LogP contribution < -0.4 is 5.32 Å². The third-order valence-electron chi connectivity index (χ3n) is 4.84. The smallest absolute Gasteiger partial charge is 0.281 e. The standard InChI is InChI=1S/C17H21N3O/c1-12(2)20-11-17(10-15(20)18-3)9-14(19-16(17)21)13-7-5-4-6-8-13/h4-8,12,14-15H,9-11H2,1-2H3,(H,19,21)/t14?,15-,17-/m0/s1. The Labute approximate surface area is 126 Å². The molecule has 1 N–H and O–H groups in total. The van der Waals surface area contributed by atoms with E-state index in [1.807, 2.05) is 18.2 Å². The van der Waals surface area contributed by atoms with Gasteiger partial charge in [-0.25, -0.2) is 11.5 Å². The zero-order chi connectivity index (χ0) is 15.0. The lowest BCUT2D eigenvalue weighted by molar-refractivity contribution is -0.127.